The van der Waals surface area contributed by atoms with E-state index < -0.39 is 28.4 Å². The Morgan fingerprint density at radius 1 is 1.44 bits per heavy atom. The summed E-state index contributed by atoms with van der Waals surface area (Å²) in [5.74, 6) is -0.840. The summed E-state index contributed by atoms with van der Waals surface area (Å²) in [5.41, 5.74) is -1.33. The summed E-state index contributed by atoms with van der Waals surface area (Å²) in [7, 11) is 0. The molecular weight excluding hydrogens is 372 g/mol. The molecule has 0 radical (unpaired) electrons. The maximum Gasteiger partial charge on any atom is 0.573 e. The van der Waals surface area contributed by atoms with Crippen LogP contribution in [-0.4, -0.2) is 17.7 Å². The number of halogens is 4. The normalized spacial score (nSPS) is 10.9. The van der Waals surface area contributed by atoms with E-state index in [0.717, 1.165) is 12.1 Å². The van der Waals surface area contributed by atoms with Crippen LogP contribution < -0.4 is 10.1 Å². The molecule has 0 aromatic heterocycles. The quantitative estimate of drug-likeness (QED) is 0.379. The molecule has 0 aliphatic rings. The highest BCUT2D eigenvalue weighted by molar-refractivity contribution is 14.1. The third-order valence-corrected chi connectivity index (χ3v) is 2.29. The SMILES string of the molecule is O=CNc1c(OC(F)(F)F)cc(I)cc1[N+](=O)[O-]. The molecule has 0 saturated heterocycles. The van der Waals surface area contributed by atoms with Crippen molar-refractivity contribution in [2.75, 3.05) is 5.32 Å². The lowest BCUT2D eigenvalue weighted by atomic mass is 10.2. The number of nitro groups is 1. The van der Waals surface area contributed by atoms with Crippen LogP contribution in [0, 0.1) is 13.7 Å². The molecule has 0 spiro atoms. The van der Waals surface area contributed by atoms with Crippen molar-refractivity contribution in [3.05, 3.63) is 25.8 Å². The Morgan fingerprint density at radius 3 is 2.50 bits per heavy atom. The van der Waals surface area contributed by atoms with Gasteiger partial charge in [-0.25, -0.2) is 0 Å². The fourth-order valence-electron chi connectivity index (χ4n) is 1.12. The molecule has 0 unspecified atom stereocenters. The van der Waals surface area contributed by atoms with Crippen molar-refractivity contribution in [2.24, 2.45) is 0 Å². The molecule has 1 amide bonds. The molecule has 0 fully saturated rings. The van der Waals surface area contributed by atoms with Crippen LogP contribution in [0.15, 0.2) is 12.1 Å². The van der Waals surface area contributed by atoms with Gasteiger partial charge >= 0.3 is 6.36 Å². The second kappa shape index (κ2) is 5.37. The van der Waals surface area contributed by atoms with Gasteiger partial charge in [0.05, 0.1) is 4.92 Å². The number of ether oxygens (including phenoxy) is 1. The topological polar surface area (TPSA) is 81.5 Å². The average Bonchev–Trinajstić information content (AvgIpc) is 2.19. The summed E-state index contributed by atoms with van der Waals surface area (Å²) >= 11 is 1.59. The predicted octanol–water partition coefficient (Wildman–Crippen LogP) is 2.67. The zero-order chi connectivity index (χ0) is 13.9. The number of carbonyl (C=O) groups excluding carboxylic acids is 1. The van der Waals surface area contributed by atoms with Crippen LogP contribution in [0.4, 0.5) is 24.5 Å². The van der Waals surface area contributed by atoms with Gasteiger partial charge < -0.3 is 10.1 Å². The second-order valence-corrected chi connectivity index (χ2v) is 4.11. The van der Waals surface area contributed by atoms with Gasteiger partial charge in [-0.1, -0.05) is 0 Å². The van der Waals surface area contributed by atoms with Crippen molar-refractivity contribution >= 4 is 40.4 Å². The highest BCUT2D eigenvalue weighted by Gasteiger charge is 2.34. The summed E-state index contributed by atoms with van der Waals surface area (Å²) in [4.78, 5) is 20.0. The number of rotatable bonds is 4. The Labute approximate surface area is 111 Å². The van der Waals surface area contributed by atoms with Crippen molar-refractivity contribution in [1.29, 1.82) is 0 Å². The molecule has 0 aliphatic heterocycles. The van der Waals surface area contributed by atoms with Gasteiger partial charge in [-0.05, 0) is 28.7 Å². The Morgan fingerprint density at radius 2 is 2.06 bits per heavy atom. The lowest BCUT2D eigenvalue weighted by molar-refractivity contribution is -0.384. The predicted molar refractivity (Wildman–Crippen MR) is 62.2 cm³/mol. The van der Waals surface area contributed by atoms with E-state index in [-0.39, 0.29) is 9.98 Å². The number of benzene rings is 1. The first-order valence-corrected chi connectivity index (χ1v) is 5.26. The van der Waals surface area contributed by atoms with Crippen LogP contribution in [-0.2, 0) is 4.79 Å². The number of nitro benzene ring substituents is 1. The molecule has 1 aromatic rings. The average molecular weight is 376 g/mol. The van der Waals surface area contributed by atoms with Gasteiger partial charge in [-0.3, -0.25) is 14.9 Å². The van der Waals surface area contributed by atoms with Gasteiger partial charge in [0.2, 0.25) is 6.41 Å². The van der Waals surface area contributed by atoms with Crippen LogP contribution in [0.2, 0.25) is 0 Å². The number of amides is 1. The van der Waals surface area contributed by atoms with Gasteiger partial charge in [0, 0.05) is 9.64 Å². The van der Waals surface area contributed by atoms with Gasteiger partial charge in [0.15, 0.2) is 11.4 Å². The molecular formula is C8H4F3IN2O4. The maximum atomic E-state index is 12.1. The maximum absolute atomic E-state index is 12.1. The number of carbonyl (C=O) groups is 1. The third-order valence-electron chi connectivity index (χ3n) is 1.67. The van der Waals surface area contributed by atoms with Gasteiger partial charge in [-0.15, -0.1) is 13.2 Å². The summed E-state index contributed by atoms with van der Waals surface area (Å²) < 4.78 is 40.1. The molecule has 0 aliphatic carbocycles. The molecule has 0 saturated carbocycles. The van der Waals surface area contributed by atoms with Crippen LogP contribution in [0.5, 0.6) is 5.75 Å². The van der Waals surface area contributed by atoms with Crippen LogP contribution in [0.1, 0.15) is 0 Å². The minimum Gasteiger partial charge on any atom is -0.403 e. The van der Waals surface area contributed by atoms with E-state index in [2.05, 4.69) is 4.74 Å². The number of nitrogens with zero attached hydrogens (tertiary/aromatic N) is 1. The molecule has 0 heterocycles. The Balaban J connectivity index is 3.38. The van der Waals surface area contributed by atoms with E-state index >= 15 is 0 Å². The Bertz CT molecular complexity index is 492. The number of alkyl halides is 3. The van der Waals surface area contributed by atoms with E-state index in [0.29, 0.717) is 0 Å². The first kappa shape index (κ1) is 14.5. The van der Waals surface area contributed by atoms with Crippen molar-refractivity contribution in [3.63, 3.8) is 0 Å². The zero-order valence-corrected chi connectivity index (χ0v) is 10.5. The van der Waals surface area contributed by atoms with Crippen LogP contribution in [0.25, 0.3) is 0 Å². The molecule has 1 N–H and O–H groups in total. The highest BCUT2D eigenvalue weighted by atomic mass is 127. The first-order valence-electron chi connectivity index (χ1n) is 4.18. The summed E-state index contributed by atoms with van der Waals surface area (Å²) in [6.07, 6.45) is -4.99. The van der Waals surface area contributed by atoms with Gasteiger partial charge in [0.1, 0.15) is 0 Å². The van der Waals surface area contributed by atoms with Crippen molar-refractivity contribution < 1.29 is 27.6 Å². The van der Waals surface area contributed by atoms with Gasteiger partial charge in [0.25, 0.3) is 5.69 Å². The molecule has 1 aromatic carbocycles. The highest BCUT2D eigenvalue weighted by Crippen LogP contribution is 2.38. The van der Waals surface area contributed by atoms with E-state index in [1.807, 2.05) is 5.32 Å². The summed E-state index contributed by atoms with van der Waals surface area (Å²) in [5, 5.41) is 12.5. The Hall–Kier alpha value is -1.59. The minimum absolute atomic E-state index is 0.0262. The lowest BCUT2D eigenvalue weighted by Crippen LogP contribution is -2.18. The number of hydrogen-bond donors (Lipinski definition) is 1. The van der Waals surface area contributed by atoms with Crippen molar-refractivity contribution in [3.8, 4) is 5.75 Å². The monoisotopic (exact) mass is 376 g/mol. The number of nitrogens with one attached hydrogen (secondary N) is 1. The fourth-order valence-corrected chi connectivity index (χ4v) is 1.70. The molecule has 18 heavy (non-hydrogen) atoms. The van der Waals surface area contributed by atoms with Crippen molar-refractivity contribution in [2.45, 2.75) is 6.36 Å². The lowest BCUT2D eigenvalue weighted by Gasteiger charge is -2.13. The second-order valence-electron chi connectivity index (χ2n) is 2.87. The molecule has 6 nitrogen and oxygen atoms in total. The molecule has 0 bridgehead atoms. The van der Waals surface area contributed by atoms with Crippen molar-refractivity contribution in [1.82, 2.24) is 0 Å². The van der Waals surface area contributed by atoms with E-state index in [1.165, 1.54) is 0 Å². The largest absolute Gasteiger partial charge is 0.573 e. The number of anilines is 1. The van der Waals surface area contributed by atoms with E-state index in [9.17, 15) is 28.1 Å². The minimum atomic E-state index is -5.02. The van der Waals surface area contributed by atoms with Gasteiger partial charge in [-0.2, -0.15) is 0 Å². The molecule has 1 rings (SSSR count). The smallest absolute Gasteiger partial charge is 0.403 e. The summed E-state index contributed by atoms with van der Waals surface area (Å²) in [6, 6.07) is 1.93. The number of hydrogen-bond acceptors (Lipinski definition) is 4. The fraction of sp³-hybridized carbons (Fsp3) is 0.125. The van der Waals surface area contributed by atoms with E-state index in [4.69, 9.17) is 0 Å². The Kier molecular flexibility index (Phi) is 4.32. The van der Waals surface area contributed by atoms with Crippen LogP contribution in [0.3, 0.4) is 0 Å². The molecule has 10 heteroatoms. The molecule has 98 valence electrons. The summed E-state index contributed by atoms with van der Waals surface area (Å²) in [6.45, 7) is 0. The molecule has 0 atom stereocenters. The standard InChI is InChI=1S/C8H4F3IN2O4/c9-8(10,11)18-6-2-4(12)1-5(14(16)17)7(6)13-3-15/h1-3H,(H,13,15). The zero-order valence-electron chi connectivity index (χ0n) is 8.32. The third kappa shape index (κ3) is 3.72. The van der Waals surface area contributed by atoms with Crippen LogP contribution >= 0.6 is 22.6 Å². The first-order chi connectivity index (χ1) is 8.24. The van der Waals surface area contributed by atoms with E-state index in [1.54, 1.807) is 22.6 Å².